The van der Waals surface area contributed by atoms with Gasteiger partial charge in [0.1, 0.15) is 11.6 Å². The third kappa shape index (κ3) is 4.57. The van der Waals surface area contributed by atoms with Crippen LogP contribution < -0.4 is 10.5 Å². The van der Waals surface area contributed by atoms with E-state index in [9.17, 15) is 0 Å². The third-order valence-electron chi connectivity index (χ3n) is 2.75. The minimum absolute atomic E-state index is 0.0541. The van der Waals surface area contributed by atoms with Crippen LogP contribution in [0.3, 0.4) is 0 Å². The zero-order valence-corrected chi connectivity index (χ0v) is 11.6. The Morgan fingerprint density at radius 3 is 2.67 bits per heavy atom. The first-order valence-corrected chi connectivity index (χ1v) is 6.80. The van der Waals surface area contributed by atoms with Crippen molar-refractivity contribution in [1.82, 2.24) is 0 Å². The summed E-state index contributed by atoms with van der Waals surface area (Å²) in [6.45, 7) is 2.84. The molecule has 0 saturated heterocycles. The quantitative estimate of drug-likeness (QED) is 0.426. The predicted octanol–water partition coefficient (Wildman–Crippen LogP) is 3.97. The summed E-state index contributed by atoms with van der Waals surface area (Å²) < 4.78 is 5.65. The normalized spacial score (nSPS) is 10.3. The molecule has 0 spiro atoms. The van der Waals surface area contributed by atoms with Crippen LogP contribution in [0, 0.1) is 5.41 Å². The van der Waals surface area contributed by atoms with Crippen LogP contribution in [-0.4, -0.2) is 12.4 Å². The molecular formula is C14H21ClN2O. The molecule has 4 heteroatoms. The summed E-state index contributed by atoms with van der Waals surface area (Å²) in [4.78, 5) is 0. The van der Waals surface area contributed by atoms with Crippen molar-refractivity contribution in [3.8, 4) is 5.75 Å². The Kier molecular flexibility index (Phi) is 6.58. The number of hydrogen-bond acceptors (Lipinski definition) is 2. The number of unbranched alkanes of at least 4 members (excludes halogenated alkanes) is 4. The fraction of sp³-hybridized carbons (Fsp3) is 0.500. The Labute approximate surface area is 114 Å². The van der Waals surface area contributed by atoms with Gasteiger partial charge in [0.05, 0.1) is 17.2 Å². The van der Waals surface area contributed by atoms with Crippen molar-refractivity contribution in [2.75, 3.05) is 6.61 Å². The van der Waals surface area contributed by atoms with E-state index >= 15 is 0 Å². The second-order valence-corrected chi connectivity index (χ2v) is 4.70. The van der Waals surface area contributed by atoms with Crippen molar-refractivity contribution in [3.05, 3.63) is 28.8 Å². The molecule has 0 amide bonds. The summed E-state index contributed by atoms with van der Waals surface area (Å²) in [5.74, 6) is 0.548. The van der Waals surface area contributed by atoms with E-state index in [1.54, 1.807) is 18.2 Å². The molecule has 100 valence electrons. The SMILES string of the molecule is CCCCCCCOc1cccc(Cl)c1C(=N)N. The van der Waals surface area contributed by atoms with Crippen LogP contribution in [0.5, 0.6) is 5.75 Å². The molecule has 3 nitrogen and oxygen atoms in total. The van der Waals surface area contributed by atoms with Gasteiger partial charge < -0.3 is 10.5 Å². The Morgan fingerprint density at radius 1 is 1.28 bits per heavy atom. The first-order valence-electron chi connectivity index (χ1n) is 6.42. The number of ether oxygens (including phenoxy) is 1. The first-order chi connectivity index (χ1) is 8.66. The van der Waals surface area contributed by atoms with Crippen LogP contribution in [0.2, 0.25) is 5.02 Å². The number of nitrogens with two attached hydrogens (primary N) is 1. The highest BCUT2D eigenvalue weighted by atomic mass is 35.5. The summed E-state index contributed by atoms with van der Waals surface area (Å²) in [6.07, 6.45) is 5.95. The Bertz CT molecular complexity index is 393. The molecule has 1 aromatic rings. The highest BCUT2D eigenvalue weighted by Gasteiger charge is 2.10. The molecule has 0 aliphatic carbocycles. The molecule has 0 atom stereocenters. The van der Waals surface area contributed by atoms with Crippen LogP contribution in [0.25, 0.3) is 0 Å². The molecule has 0 aliphatic rings. The van der Waals surface area contributed by atoms with Gasteiger partial charge in [-0.1, -0.05) is 50.3 Å². The number of amidine groups is 1. The predicted molar refractivity (Wildman–Crippen MR) is 76.7 cm³/mol. The van der Waals surface area contributed by atoms with Crippen molar-refractivity contribution in [2.24, 2.45) is 5.73 Å². The molecule has 1 aromatic carbocycles. The van der Waals surface area contributed by atoms with E-state index < -0.39 is 0 Å². The number of nitrogens with one attached hydrogen (secondary N) is 1. The van der Waals surface area contributed by atoms with Gasteiger partial charge in [-0.05, 0) is 18.6 Å². The number of benzene rings is 1. The molecule has 1 rings (SSSR count). The lowest BCUT2D eigenvalue weighted by molar-refractivity contribution is 0.304. The fourth-order valence-corrected chi connectivity index (χ4v) is 2.04. The maximum absolute atomic E-state index is 7.50. The van der Waals surface area contributed by atoms with E-state index in [0.29, 0.717) is 22.9 Å². The first kappa shape index (κ1) is 14.8. The molecule has 0 heterocycles. The second-order valence-electron chi connectivity index (χ2n) is 4.29. The molecule has 0 fully saturated rings. The number of nitrogen functional groups attached to an aromatic ring is 1. The smallest absolute Gasteiger partial charge is 0.131 e. The van der Waals surface area contributed by atoms with Crippen molar-refractivity contribution in [1.29, 1.82) is 5.41 Å². The van der Waals surface area contributed by atoms with E-state index in [1.807, 2.05) is 0 Å². The Balaban J connectivity index is 2.47. The molecule has 0 aliphatic heterocycles. The van der Waals surface area contributed by atoms with E-state index in [-0.39, 0.29) is 5.84 Å². The zero-order valence-electron chi connectivity index (χ0n) is 10.8. The average molecular weight is 269 g/mol. The van der Waals surface area contributed by atoms with Gasteiger partial charge in [0, 0.05) is 0 Å². The highest BCUT2D eigenvalue weighted by Crippen LogP contribution is 2.26. The van der Waals surface area contributed by atoms with Crippen LogP contribution in [0.15, 0.2) is 18.2 Å². The van der Waals surface area contributed by atoms with Gasteiger partial charge in [0.2, 0.25) is 0 Å². The lowest BCUT2D eigenvalue weighted by Crippen LogP contribution is -2.14. The van der Waals surface area contributed by atoms with Gasteiger partial charge in [0.25, 0.3) is 0 Å². The Hall–Kier alpha value is -1.22. The number of halogens is 1. The third-order valence-corrected chi connectivity index (χ3v) is 3.07. The number of rotatable bonds is 8. The standard InChI is InChI=1S/C14H21ClN2O/c1-2-3-4-5-6-10-18-12-9-7-8-11(15)13(12)14(16)17/h7-9H,2-6,10H2,1H3,(H3,16,17). The number of hydrogen-bond donors (Lipinski definition) is 2. The van der Waals surface area contributed by atoms with Crippen molar-refractivity contribution < 1.29 is 4.74 Å². The lowest BCUT2D eigenvalue weighted by Gasteiger charge is -2.11. The average Bonchev–Trinajstić information content (AvgIpc) is 2.33. The summed E-state index contributed by atoms with van der Waals surface area (Å²) in [7, 11) is 0. The van der Waals surface area contributed by atoms with Gasteiger partial charge >= 0.3 is 0 Å². The largest absolute Gasteiger partial charge is 0.493 e. The Morgan fingerprint density at radius 2 is 2.00 bits per heavy atom. The maximum atomic E-state index is 7.50. The van der Waals surface area contributed by atoms with Crippen molar-refractivity contribution >= 4 is 17.4 Å². The minimum atomic E-state index is -0.0541. The van der Waals surface area contributed by atoms with E-state index in [2.05, 4.69) is 6.92 Å². The highest BCUT2D eigenvalue weighted by molar-refractivity contribution is 6.34. The van der Waals surface area contributed by atoms with Gasteiger partial charge in [-0.2, -0.15) is 0 Å². The van der Waals surface area contributed by atoms with Gasteiger partial charge in [-0.25, -0.2) is 0 Å². The summed E-state index contributed by atoms with van der Waals surface area (Å²) in [5, 5.41) is 7.97. The molecule has 0 aromatic heterocycles. The molecule has 0 unspecified atom stereocenters. The van der Waals surface area contributed by atoms with Gasteiger partial charge in [0.15, 0.2) is 0 Å². The fourth-order valence-electron chi connectivity index (χ4n) is 1.77. The van der Waals surface area contributed by atoms with Gasteiger partial charge in [-0.3, -0.25) is 5.41 Å². The second kappa shape index (κ2) is 7.98. The topological polar surface area (TPSA) is 59.1 Å². The van der Waals surface area contributed by atoms with Crippen molar-refractivity contribution in [2.45, 2.75) is 39.0 Å². The molecule has 3 N–H and O–H groups in total. The van der Waals surface area contributed by atoms with Gasteiger partial charge in [-0.15, -0.1) is 0 Å². The van der Waals surface area contributed by atoms with Crippen LogP contribution in [0.4, 0.5) is 0 Å². The van der Waals surface area contributed by atoms with E-state index in [1.165, 1.54) is 25.7 Å². The maximum Gasteiger partial charge on any atom is 0.131 e. The summed E-state index contributed by atoms with van der Waals surface area (Å²) in [5.41, 5.74) is 6.00. The zero-order chi connectivity index (χ0) is 13.4. The van der Waals surface area contributed by atoms with Crippen LogP contribution >= 0.6 is 11.6 Å². The molecule has 0 radical (unpaired) electrons. The van der Waals surface area contributed by atoms with E-state index in [0.717, 1.165) is 6.42 Å². The van der Waals surface area contributed by atoms with E-state index in [4.69, 9.17) is 27.5 Å². The molecule has 0 saturated carbocycles. The van der Waals surface area contributed by atoms with Crippen LogP contribution in [0.1, 0.15) is 44.6 Å². The summed E-state index contributed by atoms with van der Waals surface area (Å²) in [6, 6.07) is 5.32. The monoisotopic (exact) mass is 268 g/mol. The van der Waals surface area contributed by atoms with Crippen molar-refractivity contribution in [3.63, 3.8) is 0 Å². The molecule has 0 bridgehead atoms. The lowest BCUT2D eigenvalue weighted by atomic mass is 10.1. The van der Waals surface area contributed by atoms with Crippen LogP contribution in [-0.2, 0) is 0 Å². The molecular weight excluding hydrogens is 248 g/mol. The summed E-state index contributed by atoms with van der Waals surface area (Å²) >= 11 is 6.00. The minimum Gasteiger partial charge on any atom is -0.493 e. The molecule has 18 heavy (non-hydrogen) atoms.